The zero-order valence-corrected chi connectivity index (χ0v) is 11.8. The number of allylic oxidation sites excluding steroid dienone is 5. The minimum atomic E-state index is 1.10. The Bertz CT molecular complexity index is 554. The molecule has 0 heteroatoms. The van der Waals surface area contributed by atoms with E-state index in [2.05, 4.69) is 69.0 Å². The molecule has 2 aromatic carbocycles. The van der Waals surface area contributed by atoms with Gasteiger partial charge in [-0.1, -0.05) is 86.3 Å². The minimum absolute atomic E-state index is 1.10. The van der Waals surface area contributed by atoms with E-state index in [4.69, 9.17) is 0 Å². The molecule has 0 saturated carbocycles. The minimum Gasteiger partial charge on any atom is -0.0991 e. The van der Waals surface area contributed by atoms with Crippen LogP contribution in [0.5, 0.6) is 0 Å². The maximum atomic E-state index is 3.54. The molecule has 98 valence electrons. The maximum Gasteiger partial charge on any atom is -0.0155 e. The molecule has 0 bridgehead atoms. The van der Waals surface area contributed by atoms with E-state index in [-0.39, 0.29) is 0 Å². The van der Waals surface area contributed by atoms with Gasteiger partial charge in [0.25, 0.3) is 0 Å². The van der Waals surface area contributed by atoms with Gasteiger partial charge in [0.1, 0.15) is 0 Å². The van der Waals surface area contributed by atoms with E-state index >= 15 is 0 Å². The van der Waals surface area contributed by atoms with Gasteiger partial charge in [-0.15, -0.1) is 0 Å². The summed E-state index contributed by atoms with van der Waals surface area (Å²) in [6, 6.07) is 14.8. The van der Waals surface area contributed by atoms with Crippen LogP contribution >= 0.6 is 0 Å². The van der Waals surface area contributed by atoms with Gasteiger partial charge in [-0.05, 0) is 29.7 Å². The summed E-state index contributed by atoms with van der Waals surface area (Å²) in [5.41, 5.74) is 1.35. The van der Waals surface area contributed by atoms with E-state index in [1.807, 2.05) is 18.2 Å². The first-order chi connectivity index (χ1) is 9.29. The Morgan fingerprint density at radius 2 is 1.68 bits per heavy atom. The summed E-state index contributed by atoms with van der Waals surface area (Å²) in [5, 5.41) is 2.68. The van der Waals surface area contributed by atoms with Crippen LogP contribution in [0.2, 0.25) is 0 Å². The average Bonchev–Trinajstić information content (AvgIpc) is 2.45. The van der Waals surface area contributed by atoms with Crippen molar-refractivity contribution in [2.75, 3.05) is 0 Å². The van der Waals surface area contributed by atoms with Crippen molar-refractivity contribution in [3.05, 3.63) is 85.0 Å². The highest BCUT2D eigenvalue weighted by atomic mass is 14.0. The average molecular weight is 250 g/mol. The first-order valence-electron chi connectivity index (χ1n) is 6.68. The van der Waals surface area contributed by atoms with Gasteiger partial charge < -0.3 is 0 Å². The van der Waals surface area contributed by atoms with Gasteiger partial charge in [0.2, 0.25) is 0 Å². The smallest absolute Gasteiger partial charge is 0.0155 e. The summed E-state index contributed by atoms with van der Waals surface area (Å²) in [4.78, 5) is 0. The third-order valence-corrected chi connectivity index (χ3v) is 2.74. The van der Waals surface area contributed by atoms with Crippen LogP contribution in [0.15, 0.2) is 79.4 Å². The van der Waals surface area contributed by atoms with E-state index < -0.39 is 0 Å². The van der Waals surface area contributed by atoms with Crippen molar-refractivity contribution in [2.45, 2.75) is 20.3 Å². The Morgan fingerprint density at radius 3 is 2.37 bits per heavy atom. The van der Waals surface area contributed by atoms with Crippen molar-refractivity contribution < 1.29 is 0 Å². The van der Waals surface area contributed by atoms with Crippen LogP contribution in [0.1, 0.15) is 18.9 Å². The van der Waals surface area contributed by atoms with Crippen LogP contribution in [0, 0.1) is 6.92 Å². The standard InChI is InChI=1S/C11H10.C8H12/c1-9-5-4-7-10-6-2-3-8-11(9)10;1-3-5-7-8-6-4-2/h2-8H,1H3;3,5-8H,1,4H2,2H3/b;7-5-,8-6-. The second-order valence-electron chi connectivity index (χ2n) is 4.25. The highest BCUT2D eigenvalue weighted by molar-refractivity contribution is 5.85. The quantitative estimate of drug-likeness (QED) is 0.600. The fourth-order valence-electron chi connectivity index (χ4n) is 1.74. The molecule has 0 heterocycles. The van der Waals surface area contributed by atoms with Crippen LogP contribution in [0.3, 0.4) is 0 Å². The molecule has 0 aliphatic carbocycles. The van der Waals surface area contributed by atoms with Gasteiger partial charge in [-0.3, -0.25) is 0 Å². The zero-order chi connectivity index (χ0) is 13.9. The number of fused-ring (bicyclic) bond motifs is 1. The van der Waals surface area contributed by atoms with Gasteiger partial charge in [0.15, 0.2) is 0 Å². The summed E-state index contributed by atoms with van der Waals surface area (Å²) in [6.07, 6.45) is 10.9. The fraction of sp³-hybridized carbons (Fsp3) is 0.158. The molecule has 0 fully saturated rings. The normalized spacial score (nSPS) is 10.6. The molecule has 0 spiro atoms. The third-order valence-electron chi connectivity index (χ3n) is 2.74. The Morgan fingerprint density at radius 1 is 0.947 bits per heavy atom. The Labute approximate surface area is 116 Å². The molecule has 0 atom stereocenters. The molecule has 0 amide bonds. The second-order valence-corrected chi connectivity index (χ2v) is 4.25. The molecule has 0 aromatic heterocycles. The topological polar surface area (TPSA) is 0 Å². The number of hydrogen-bond acceptors (Lipinski definition) is 0. The van der Waals surface area contributed by atoms with E-state index in [0.717, 1.165) is 6.42 Å². The van der Waals surface area contributed by atoms with Gasteiger partial charge in [-0.25, -0.2) is 0 Å². The Kier molecular flexibility index (Phi) is 7.04. The van der Waals surface area contributed by atoms with Gasteiger partial charge in [0.05, 0.1) is 0 Å². The molecule has 0 N–H and O–H groups in total. The van der Waals surface area contributed by atoms with Crippen molar-refractivity contribution in [3.8, 4) is 0 Å². The summed E-state index contributed by atoms with van der Waals surface area (Å²) in [7, 11) is 0. The molecule has 2 rings (SSSR count). The number of benzene rings is 2. The lowest BCUT2D eigenvalue weighted by Gasteiger charge is -1.98. The first kappa shape index (κ1) is 15.0. The molecule has 0 nitrogen and oxygen atoms in total. The predicted molar refractivity (Wildman–Crippen MR) is 87.5 cm³/mol. The largest absolute Gasteiger partial charge is 0.0991 e. The Hall–Kier alpha value is -2.08. The van der Waals surface area contributed by atoms with Gasteiger partial charge >= 0.3 is 0 Å². The molecule has 0 aliphatic rings. The molecule has 0 unspecified atom stereocenters. The summed E-state index contributed by atoms with van der Waals surface area (Å²) in [5.74, 6) is 0. The fourth-order valence-corrected chi connectivity index (χ4v) is 1.74. The zero-order valence-electron chi connectivity index (χ0n) is 11.8. The molecule has 2 aromatic rings. The van der Waals surface area contributed by atoms with Crippen molar-refractivity contribution in [1.29, 1.82) is 0 Å². The van der Waals surface area contributed by atoms with Crippen molar-refractivity contribution in [1.82, 2.24) is 0 Å². The first-order valence-corrected chi connectivity index (χ1v) is 6.68. The Balaban J connectivity index is 0.000000203. The van der Waals surface area contributed by atoms with Crippen LogP contribution in [0.4, 0.5) is 0 Å². The van der Waals surface area contributed by atoms with Crippen molar-refractivity contribution in [3.63, 3.8) is 0 Å². The lowest BCUT2D eigenvalue weighted by Crippen LogP contribution is -1.75. The summed E-state index contributed by atoms with van der Waals surface area (Å²) >= 11 is 0. The SMILES string of the molecule is C=C/C=C\C=C/CC.Cc1cccc2ccccc12. The summed E-state index contributed by atoms with van der Waals surface area (Å²) < 4.78 is 0. The van der Waals surface area contributed by atoms with Crippen molar-refractivity contribution in [2.24, 2.45) is 0 Å². The van der Waals surface area contributed by atoms with Gasteiger partial charge in [-0.2, -0.15) is 0 Å². The third kappa shape index (κ3) is 5.39. The van der Waals surface area contributed by atoms with Crippen LogP contribution in [-0.4, -0.2) is 0 Å². The molecule has 19 heavy (non-hydrogen) atoms. The second kappa shape index (κ2) is 8.93. The number of aryl methyl sites for hydroxylation is 1. The van der Waals surface area contributed by atoms with Gasteiger partial charge in [0, 0.05) is 0 Å². The maximum absolute atomic E-state index is 3.54. The number of rotatable bonds is 3. The molecule has 0 radical (unpaired) electrons. The van der Waals surface area contributed by atoms with Crippen LogP contribution < -0.4 is 0 Å². The van der Waals surface area contributed by atoms with E-state index in [1.165, 1.54) is 16.3 Å². The summed E-state index contributed by atoms with van der Waals surface area (Å²) in [6.45, 7) is 7.79. The van der Waals surface area contributed by atoms with Crippen molar-refractivity contribution >= 4 is 10.8 Å². The molecular formula is C19H22. The molecule has 0 saturated heterocycles. The lowest BCUT2D eigenvalue weighted by molar-refractivity contribution is 1.22. The van der Waals surface area contributed by atoms with E-state index in [9.17, 15) is 0 Å². The lowest BCUT2D eigenvalue weighted by atomic mass is 10.1. The van der Waals surface area contributed by atoms with Crippen LogP contribution in [-0.2, 0) is 0 Å². The van der Waals surface area contributed by atoms with E-state index in [0.29, 0.717) is 0 Å². The monoisotopic (exact) mass is 250 g/mol. The van der Waals surface area contributed by atoms with Crippen LogP contribution in [0.25, 0.3) is 10.8 Å². The highest BCUT2D eigenvalue weighted by Gasteiger charge is 1.92. The predicted octanol–water partition coefficient (Wildman–Crippen LogP) is 5.84. The molecular weight excluding hydrogens is 228 g/mol. The molecule has 0 aliphatic heterocycles. The van der Waals surface area contributed by atoms with E-state index in [1.54, 1.807) is 6.08 Å². The number of hydrogen-bond donors (Lipinski definition) is 0. The highest BCUT2D eigenvalue weighted by Crippen LogP contribution is 2.16.